The van der Waals surface area contributed by atoms with Crippen molar-refractivity contribution in [2.24, 2.45) is 0 Å². The molecule has 1 aromatic rings. The Morgan fingerprint density at radius 2 is 1.85 bits per heavy atom. The second kappa shape index (κ2) is 10.5. The Bertz CT molecular complexity index is 680. The second-order valence-corrected chi connectivity index (χ2v) is 9.23. The largest absolute Gasteiger partial charge is 0.281 e. The zero-order chi connectivity index (χ0) is 19.9. The highest BCUT2D eigenvalue weighted by atomic mass is 32.2. The fourth-order valence-electron chi connectivity index (χ4n) is 3.47. The van der Waals surface area contributed by atoms with Gasteiger partial charge in [-0.05, 0) is 49.8 Å². The molecule has 1 aliphatic heterocycles. The molecule has 1 heterocycles. The third-order valence-corrected chi connectivity index (χ3v) is 6.91. The molecule has 0 radical (unpaired) electrons. The van der Waals surface area contributed by atoms with Gasteiger partial charge in [0.1, 0.15) is 5.82 Å². The van der Waals surface area contributed by atoms with Gasteiger partial charge < -0.3 is 0 Å². The predicted molar refractivity (Wildman–Crippen MR) is 107 cm³/mol. The van der Waals surface area contributed by atoms with Crippen molar-refractivity contribution in [2.45, 2.75) is 58.0 Å². The zero-order valence-electron chi connectivity index (χ0n) is 16.6. The average molecular weight is 401 g/mol. The van der Waals surface area contributed by atoms with Crippen LogP contribution in [0.5, 0.6) is 0 Å². The molecule has 2 rings (SSSR count). The lowest BCUT2D eigenvalue weighted by molar-refractivity contribution is 0.350. The van der Waals surface area contributed by atoms with Crippen molar-refractivity contribution < 1.29 is 12.8 Å². The second-order valence-electron chi connectivity index (χ2n) is 7.20. The SMILES string of the molecule is CCCN(CCC)S(=O)(=O)N(C)CCCC1CC(c2cccc(F)c2)NN1. The number of nitrogens with zero attached hydrogens (tertiary/aromatic N) is 2. The van der Waals surface area contributed by atoms with Gasteiger partial charge in [-0.1, -0.05) is 26.0 Å². The lowest BCUT2D eigenvalue weighted by Crippen LogP contribution is -2.43. The lowest BCUT2D eigenvalue weighted by Gasteiger charge is -2.27. The average Bonchev–Trinajstić information content (AvgIpc) is 3.10. The quantitative estimate of drug-likeness (QED) is 0.600. The molecule has 2 N–H and O–H groups in total. The lowest BCUT2D eigenvalue weighted by atomic mass is 10.00. The van der Waals surface area contributed by atoms with Gasteiger partial charge in [0.15, 0.2) is 0 Å². The zero-order valence-corrected chi connectivity index (χ0v) is 17.4. The topological polar surface area (TPSA) is 64.7 Å². The molecule has 0 amide bonds. The van der Waals surface area contributed by atoms with Gasteiger partial charge in [-0.2, -0.15) is 17.0 Å². The van der Waals surface area contributed by atoms with Crippen molar-refractivity contribution in [3.05, 3.63) is 35.6 Å². The number of benzene rings is 1. The predicted octanol–water partition coefficient (Wildman–Crippen LogP) is 2.81. The number of halogens is 1. The molecule has 2 atom stereocenters. The van der Waals surface area contributed by atoms with E-state index in [0.717, 1.165) is 37.7 Å². The minimum absolute atomic E-state index is 0.0803. The summed E-state index contributed by atoms with van der Waals surface area (Å²) in [7, 11) is -1.73. The minimum atomic E-state index is -3.39. The third-order valence-electron chi connectivity index (χ3n) is 4.92. The summed E-state index contributed by atoms with van der Waals surface area (Å²) in [5.41, 5.74) is 7.39. The van der Waals surface area contributed by atoms with E-state index in [-0.39, 0.29) is 17.9 Å². The first-order valence-corrected chi connectivity index (χ1v) is 11.3. The van der Waals surface area contributed by atoms with Crippen molar-refractivity contribution in [3.8, 4) is 0 Å². The molecule has 1 aromatic carbocycles. The molecule has 0 spiro atoms. The molecule has 8 heteroatoms. The van der Waals surface area contributed by atoms with Crippen LogP contribution in [-0.4, -0.2) is 49.8 Å². The number of rotatable bonds is 11. The summed E-state index contributed by atoms with van der Waals surface area (Å²) in [5, 5.41) is 0. The Kier molecular flexibility index (Phi) is 8.62. The van der Waals surface area contributed by atoms with Crippen LogP contribution in [0.15, 0.2) is 24.3 Å². The summed E-state index contributed by atoms with van der Waals surface area (Å²) < 4.78 is 41.8. The molecular formula is C19H33FN4O2S. The summed E-state index contributed by atoms with van der Waals surface area (Å²) >= 11 is 0. The Labute approximate surface area is 163 Å². The monoisotopic (exact) mass is 400 g/mol. The van der Waals surface area contributed by atoms with E-state index in [2.05, 4.69) is 10.9 Å². The molecule has 1 fully saturated rings. The van der Waals surface area contributed by atoms with E-state index in [9.17, 15) is 12.8 Å². The van der Waals surface area contributed by atoms with Crippen LogP contribution in [0.1, 0.15) is 57.6 Å². The highest BCUT2D eigenvalue weighted by Gasteiger charge is 2.27. The number of hydrogen-bond acceptors (Lipinski definition) is 4. The van der Waals surface area contributed by atoms with Gasteiger partial charge in [0.2, 0.25) is 0 Å². The van der Waals surface area contributed by atoms with Crippen LogP contribution in [0.25, 0.3) is 0 Å². The molecule has 0 bridgehead atoms. The Morgan fingerprint density at radius 3 is 2.48 bits per heavy atom. The number of hydrazine groups is 1. The Hall–Kier alpha value is -1.06. The number of nitrogens with one attached hydrogen (secondary N) is 2. The highest BCUT2D eigenvalue weighted by Crippen LogP contribution is 2.24. The van der Waals surface area contributed by atoms with Gasteiger partial charge >= 0.3 is 0 Å². The molecule has 1 aliphatic rings. The van der Waals surface area contributed by atoms with Crippen LogP contribution in [0.4, 0.5) is 4.39 Å². The van der Waals surface area contributed by atoms with Gasteiger partial charge in [-0.3, -0.25) is 10.9 Å². The molecule has 1 saturated heterocycles. The molecule has 6 nitrogen and oxygen atoms in total. The van der Waals surface area contributed by atoms with E-state index in [4.69, 9.17) is 0 Å². The van der Waals surface area contributed by atoms with Crippen LogP contribution in [0.3, 0.4) is 0 Å². The summed E-state index contributed by atoms with van der Waals surface area (Å²) in [4.78, 5) is 0. The van der Waals surface area contributed by atoms with E-state index in [1.807, 2.05) is 19.9 Å². The molecule has 27 heavy (non-hydrogen) atoms. The Balaban J connectivity index is 1.80. The molecule has 2 unspecified atom stereocenters. The van der Waals surface area contributed by atoms with E-state index in [1.165, 1.54) is 10.4 Å². The fraction of sp³-hybridized carbons (Fsp3) is 0.684. The minimum Gasteiger partial charge on any atom is -0.254 e. The van der Waals surface area contributed by atoms with Crippen LogP contribution in [0.2, 0.25) is 0 Å². The first-order valence-electron chi connectivity index (χ1n) is 9.86. The van der Waals surface area contributed by atoms with Crippen LogP contribution in [0, 0.1) is 5.82 Å². The van der Waals surface area contributed by atoms with E-state index < -0.39 is 10.2 Å². The van der Waals surface area contributed by atoms with Gasteiger partial charge in [0.25, 0.3) is 10.2 Å². The highest BCUT2D eigenvalue weighted by molar-refractivity contribution is 7.86. The van der Waals surface area contributed by atoms with Crippen molar-refractivity contribution in [2.75, 3.05) is 26.7 Å². The standard InChI is InChI=1S/C19H33FN4O2S/c1-4-11-24(12-5-2)27(25,26)23(3)13-7-10-18-15-19(22-21-18)16-8-6-9-17(20)14-16/h6,8-9,14,18-19,21-22H,4-5,7,10-13,15H2,1-3H3. The summed E-state index contributed by atoms with van der Waals surface area (Å²) in [6, 6.07) is 6.96. The van der Waals surface area contributed by atoms with Crippen LogP contribution >= 0.6 is 0 Å². The normalized spacial score (nSPS) is 20.7. The van der Waals surface area contributed by atoms with Crippen molar-refractivity contribution >= 4 is 10.2 Å². The summed E-state index contributed by atoms with van der Waals surface area (Å²) in [5.74, 6) is -0.228. The molecule has 0 aromatic heterocycles. The maximum atomic E-state index is 13.4. The van der Waals surface area contributed by atoms with E-state index >= 15 is 0 Å². The molecule has 0 aliphatic carbocycles. The molecular weight excluding hydrogens is 367 g/mol. The molecule has 0 saturated carbocycles. The van der Waals surface area contributed by atoms with Gasteiger partial charge in [-0.25, -0.2) is 4.39 Å². The van der Waals surface area contributed by atoms with Gasteiger partial charge in [-0.15, -0.1) is 0 Å². The maximum absolute atomic E-state index is 13.4. The smallest absolute Gasteiger partial charge is 0.254 e. The third kappa shape index (κ3) is 6.22. The van der Waals surface area contributed by atoms with E-state index in [0.29, 0.717) is 19.6 Å². The van der Waals surface area contributed by atoms with Gasteiger partial charge in [0, 0.05) is 38.8 Å². The molecule has 154 valence electrons. The summed E-state index contributed by atoms with van der Waals surface area (Å²) in [6.45, 7) is 5.60. The fourth-order valence-corrected chi connectivity index (χ4v) is 5.05. The van der Waals surface area contributed by atoms with Crippen LogP contribution in [-0.2, 0) is 10.2 Å². The van der Waals surface area contributed by atoms with Crippen molar-refractivity contribution in [1.29, 1.82) is 0 Å². The van der Waals surface area contributed by atoms with Crippen molar-refractivity contribution in [1.82, 2.24) is 19.5 Å². The summed E-state index contributed by atoms with van der Waals surface area (Å²) in [6.07, 6.45) is 4.12. The first-order chi connectivity index (χ1) is 12.9. The maximum Gasteiger partial charge on any atom is 0.281 e. The van der Waals surface area contributed by atoms with Crippen LogP contribution < -0.4 is 10.9 Å². The Morgan fingerprint density at radius 1 is 1.15 bits per heavy atom. The number of hydrogen-bond donors (Lipinski definition) is 2. The van der Waals surface area contributed by atoms with Gasteiger partial charge in [0.05, 0.1) is 0 Å². The van der Waals surface area contributed by atoms with E-state index in [1.54, 1.807) is 23.5 Å². The van der Waals surface area contributed by atoms with Crippen molar-refractivity contribution in [3.63, 3.8) is 0 Å². The first kappa shape index (κ1) is 22.2.